The Morgan fingerprint density at radius 2 is 2.41 bits per heavy atom. The van der Waals surface area contributed by atoms with Crippen molar-refractivity contribution < 1.29 is 19.1 Å². The van der Waals surface area contributed by atoms with Gasteiger partial charge in [0.1, 0.15) is 6.10 Å². The third-order valence-electron chi connectivity index (χ3n) is 3.15. The number of amides is 1. The van der Waals surface area contributed by atoms with E-state index in [1.807, 2.05) is 11.8 Å². The van der Waals surface area contributed by atoms with Gasteiger partial charge in [0, 0.05) is 17.4 Å². The topological polar surface area (TPSA) is 64.6 Å². The summed E-state index contributed by atoms with van der Waals surface area (Å²) in [6.07, 6.45) is 2.99. The zero-order chi connectivity index (χ0) is 12.3. The summed E-state index contributed by atoms with van der Waals surface area (Å²) in [5.41, 5.74) is 0. The van der Waals surface area contributed by atoms with Gasteiger partial charge < -0.3 is 14.8 Å². The van der Waals surface area contributed by atoms with Crippen LogP contribution in [-0.4, -0.2) is 42.3 Å². The van der Waals surface area contributed by atoms with Crippen LogP contribution >= 0.6 is 11.8 Å². The van der Waals surface area contributed by atoms with Gasteiger partial charge in [-0.1, -0.05) is 6.42 Å². The molecule has 0 radical (unpaired) electrons. The first-order valence-electron chi connectivity index (χ1n) is 5.86. The zero-order valence-electron chi connectivity index (χ0n) is 9.81. The van der Waals surface area contributed by atoms with E-state index in [2.05, 4.69) is 10.1 Å². The normalized spacial score (nSPS) is 30.6. The van der Waals surface area contributed by atoms with Crippen LogP contribution < -0.4 is 5.32 Å². The molecule has 2 heterocycles. The first kappa shape index (κ1) is 12.5. The minimum atomic E-state index is -0.292. The van der Waals surface area contributed by atoms with Crippen LogP contribution in [0.1, 0.15) is 25.7 Å². The molecule has 96 valence electrons. The molecule has 2 aliphatic rings. The van der Waals surface area contributed by atoms with Crippen molar-refractivity contribution in [3.8, 4) is 0 Å². The number of carbonyl (C=O) groups excluding carboxylic acids is 2. The molecule has 0 bridgehead atoms. The molecule has 0 aromatic heterocycles. The van der Waals surface area contributed by atoms with E-state index < -0.39 is 0 Å². The van der Waals surface area contributed by atoms with Crippen LogP contribution in [-0.2, 0) is 14.3 Å². The minimum Gasteiger partial charge on any atom is -0.469 e. The fourth-order valence-corrected chi connectivity index (χ4v) is 3.73. The molecule has 0 aliphatic carbocycles. The number of esters is 1. The van der Waals surface area contributed by atoms with E-state index in [0.29, 0.717) is 11.7 Å². The summed E-state index contributed by atoms with van der Waals surface area (Å²) < 4.78 is 9.82. The van der Waals surface area contributed by atoms with Gasteiger partial charge in [0.05, 0.1) is 13.2 Å². The Labute approximate surface area is 105 Å². The van der Waals surface area contributed by atoms with Crippen molar-refractivity contribution in [3.63, 3.8) is 0 Å². The summed E-state index contributed by atoms with van der Waals surface area (Å²) in [6.45, 7) is 0. The predicted octanol–water partition coefficient (Wildman–Crippen LogP) is 1.31. The summed E-state index contributed by atoms with van der Waals surface area (Å²) in [5, 5.41) is 3.18. The minimum absolute atomic E-state index is 0.0191. The number of thioether (sulfide) groups is 1. The van der Waals surface area contributed by atoms with E-state index in [1.54, 1.807) is 0 Å². The number of fused-ring (bicyclic) bond motifs is 1. The van der Waals surface area contributed by atoms with Crippen LogP contribution in [0.3, 0.4) is 0 Å². The lowest BCUT2D eigenvalue weighted by atomic mass is 10.0. The van der Waals surface area contributed by atoms with Crippen LogP contribution in [0, 0.1) is 0 Å². The number of methoxy groups -OCH3 is 1. The molecule has 2 saturated heterocycles. The maximum absolute atomic E-state index is 11.1. The molecule has 1 N–H and O–H groups in total. The van der Waals surface area contributed by atoms with E-state index in [4.69, 9.17) is 4.74 Å². The van der Waals surface area contributed by atoms with Gasteiger partial charge >= 0.3 is 12.1 Å². The first-order valence-corrected chi connectivity index (χ1v) is 6.91. The molecule has 6 heteroatoms. The highest BCUT2D eigenvalue weighted by atomic mass is 32.2. The highest BCUT2D eigenvalue weighted by Gasteiger charge is 2.44. The number of unbranched alkanes of at least 4 members (excludes halogenated alkanes) is 1. The quantitative estimate of drug-likeness (QED) is 0.596. The Hall–Kier alpha value is -0.910. The lowest BCUT2D eigenvalue weighted by Crippen LogP contribution is -2.32. The van der Waals surface area contributed by atoms with Gasteiger partial charge in [-0.15, -0.1) is 0 Å². The van der Waals surface area contributed by atoms with Crippen molar-refractivity contribution in [2.45, 2.75) is 43.1 Å². The SMILES string of the molecule is COC(=O)CCCCC1SCC2NC(=O)OC21. The summed E-state index contributed by atoms with van der Waals surface area (Å²) >= 11 is 1.85. The van der Waals surface area contributed by atoms with Gasteiger partial charge in [0.2, 0.25) is 0 Å². The molecule has 2 aliphatic heterocycles. The van der Waals surface area contributed by atoms with E-state index in [9.17, 15) is 9.59 Å². The number of carbonyl (C=O) groups is 2. The van der Waals surface area contributed by atoms with Gasteiger partial charge in [-0.05, 0) is 12.8 Å². The third-order valence-corrected chi connectivity index (χ3v) is 4.63. The van der Waals surface area contributed by atoms with E-state index in [0.717, 1.165) is 25.0 Å². The van der Waals surface area contributed by atoms with Crippen molar-refractivity contribution in [1.29, 1.82) is 0 Å². The smallest absolute Gasteiger partial charge is 0.407 e. The maximum atomic E-state index is 11.1. The Morgan fingerprint density at radius 3 is 3.18 bits per heavy atom. The molecule has 5 nitrogen and oxygen atoms in total. The maximum Gasteiger partial charge on any atom is 0.407 e. The predicted molar refractivity (Wildman–Crippen MR) is 63.9 cm³/mol. The highest BCUT2D eigenvalue weighted by Crippen LogP contribution is 2.35. The second-order valence-electron chi connectivity index (χ2n) is 4.31. The number of ether oxygens (including phenoxy) is 2. The standard InChI is InChI=1S/C11H17NO4S/c1-15-9(13)5-3-2-4-8-10-7(6-17-8)12-11(14)16-10/h7-8,10H,2-6H2,1H3,(H,12,14). The van der Waals surface area contributed by atoms with Crippen molar-refractivity contribution in [2.75, 3.05) is 12.9 Å². The number of hydrogen-bond acceptors (Lipinski definition) is 5. The molecular formula is C11H17NO4S. The molecule has 0 saturated carbocycles. The monoisotopic (exact) mass is 259 g/mol. The van der Waals surface area contributed by atoms with Crippen LogP contribution in [0.25, 0.3) is 0 Å². The van der Waals surface area contributed by atoms with Crippen LogP contribution in [0.2, 0.25) is 0 Å². The molecular weight excluding hydrogens is 242 g/mol. The van der Waals surface area contributed by atoms with E-state index >= 15 is 0 Å². The van der Waals surface area contributed by atoms with Gasteiger partial charge in [-0.3, -0.25) is 4.79 Å². The number of nitrogens with one attached hydrogen (secondary N) is 1. The highest BCUT2D eigenvalue weighted by molar-refractivity contribution is 8.00. The Balaban J connectivity index is 1.66. The van der Waals surface area contributed by atoms with Gasteiger partial charge in [-0.25, -0.2) is 4.79 Å². The van der Waals surface area contributed by atoms with E-state index in [1.165, 1.54) is 7.11 Å². The fourth-order valence-electron chi connectivity index (χ4n) is 2.23. The number of hydrogen-bond donors (Lipinski definition) is 1. The molecule has 0 aromatic rings. The Morgan fingerprint density at radius 1 is 1.59 bits per heavy atom. The van der Waals surface area contributed by atoms with Gasteiger partial charge in [0.25, 0.3) is 0 Å². The van der Waals surface area contributed by atoms with Crippen LogP contribution in [0.5, 0.6) is 0 Å². The Kier molecular flexibility index (Phi) is 4.15. The van der Waals surface area contributed by atoms with Crippen LogP contribution in [0.4, 0.5) is 4.79 Å². The lowest BCUT2D eigenvalue weighted by Gasteiger charge is -2.15. The summed E-state index contributed by atoms with van der Waals surface area (Å²) in [7, 11) is 1.41. The molecule has 2 rings (SSSR count). The molecule has 1 amide bonds. The van der Waals surface area contributed by atoms with Crippen molar-refractivity contribution in [3.05, 3.63) is 0 Å². The molecule has 3 atom stereocenters. The molecule has 0 aromatic carbocycles. The number of alkyl carbamates (subject to hydrolysis) is 1. The second-order valence-corrected chi connectivity index (χ2v) is 5.59. The van der Waals surface area contributed by atoms with Crippen molar-refractivity contribution in [1.82, 2.24) is 5.32 Å². The Bertz CT molecular complexity index is 310. The zero-order valence-corrected chi connectivity index (χ0v) is 10.6. The van der Waals surface area contributed by atoms with Crippen molar-refractivity contribution in [2.24, 2.45) is 0 Å². The first-order chi connectivity index (χ1) is 8.20. The molecule has 2 fully saturated rings. The summed E-state index contributed by atoms with van der Waals surface area (Å²) in [6, 6.07) is 0.179. The second kappa shape index (κ2) is 5.62. The third kappa shape index (κ3) is 3.06. The molecule has 0 spiro atoms. The molecule has 17 heavy (non-hydrogen) atoms. The summed E-state index contributed by atoms with van der Waals surface area (Å²) in [4.78, 5) is 22.0. The summed E-state index contributed by atoms with van der Waals surface area (Å²) in [5.74, 6) is 0.772. The van der Waals surface area contributed by atoms with E-state index in [-0.39, 0.29) is 24.2 Å². The molecule has 3 unspecified atom stereocenters. The van der Waals surface area contributed by atoms with Gasteiger partial charge in [-0.2, -0.15) is 11.8 Å². The fraction of sp³-hybridized carbons (Fsp3) is 0.818. The average molecular weight is 259 g/mol. The largest absolute Gasteiger partial charge is 0.469 e. The lowest BCUT2D eigenvalue weighted by molar-refractivity contribution is -0.140. The van der Waals surface area contributed by atoms with Crippen LogP contribution in [0.15, 0.2) is 0 Å². The number of rotatable bonds is 5. The average Bonchev–Trinajstić information content (AvgIpc) is 2.84. The van der Waals surface area contributed by atoms with Crippen molar-refractivity contribution >= 4 is 23.8 Å². The van der Waals surface area contributed by atoms with Gasteiger partial charge in [0.15, 0.2) is 0 Å².